The van der Waals surface area contributed by atoms with Crippen LogP contribution in [0.15, 0.2) is 59.6 Å². The first-order valence-electron chi connectivity index (χ1n) is 7.58. The molecule has 0 atom stereocenters. The van der Waals surface area contributed by atoms with Crippen LogP contribution in [0.25, 0.3) is 11.0 Å². The predicted molar refractivity (Wildman–Crippen MR) is 93.0 cm³/mol. The molecule has 114 valence electrons. The van der Waals surface area contributed by atoms with E-state index in [0.717, 1.165) is 33.8 Å². The van der Waals surface area contributed by atoms with Crippen LogP contribution in [0.3, 0.4) is 0 Å². The molecule has 1 aromatic heterocycles. The maximum atomic E-state index is 13.0. The molecule has 0 saturated carbocycles. The number of carbonyl (C=O) groups excluding carboxylic acids is 1. The zero-order valence-electron chi connectivity index (χ0n) is 12.5. The third-order valence-electron chi connectivity index (χ3n) is 3.85. The molecule has 0 spiro atoms. The fraction of sp³-hybridized carbons (Fsp3) is 0.167. The number of nitrogens with zero attached hydrogens (tertiary/aromatic N) is 3. The van der Waals surface area contributed by atoms with Crippen LogP contribution in [0.4, 0.5) is 5.69 Å². The Morgan fingerprint density at radius 1 is 1.04 bits per heavy atom. The Labute approximate surface area is 138 Å². The summed E-state index contributed by atoms with van der Waals surface area (Å²) in [5, 5.41) is 0. The van der Waals surface area contributed by atoms with Crippen molar-refractivity contribution < 1.29 is 4.79 Å². The second-order valence-corrected chi connectivity index (χ2v) is 6.51. The Morgan fingerprint density at radius 3 is 2.74 bits per heavy atom. The van der Waals surface area contributed by atoms with E-state index in [1.807, 2.05) is 47.4 Å². The summed E-state index contributed by atoms with van der Waals surface area (Å²) in [6.07, 6.45) is 2.54. The first-order chi connectivity index (χ1) is 11.3. The number of carbonyl (C=O) groups is 1. The summed E-state index contributed by atoms with van der Waals surface area (Å²) in [5.41, 5.74) is 2.91. The molecule has 2 heterocycles. The second kappa shape index (κ2) is 6.01. The van der Waals surface area contributed by atoms with Crippen molar-refractivity contribution in [3.05, 3.63) is 60.4 Å². The molecule has 2 aromatic carbocycles. The zero-order valence-corrected chi connectivity index (χ0v) is 13.3. The van der Waals surface area contributed by atoms with Gasteiger partial charge < -0.3 is 4.90 Å². The molecule has 0 fully saturated rings. The van der Waals surface area contributed by atoms with Crippen molar-refractivity contribution in [1.82, 2.24) is 9.97 Å². The average Bonchev–Trinajstić information content (AvgIpc) is 2.83. The van der Waals surface area contributed by atoms with Crippen LogP contribution in [-0.4, -0.2) is 28.2 Å². The van der Waals surface area contributed by atoms with Gasteiger partial charge in [-0.05, 0) is 36.4 Å². The van der Waals surface area contributed by atoms with Gasteiger partial charge in [-0.15, -0.1) is 11.8 Å². The van der Waals surface area contributed by atoms with Crippen molar-refractivity contribution >= 4 is 34.4 Å². The Hall–Kier alpha value is -2.40. The van der Waals surface area contributed by atoms with E-state index in [1.165, 1.54) is 0 Å². The van der Waals surface area contributed by atoms with Crippen LogP contribution in [0.1, 0.15) is 16.9 Å². The minimum atomic E-state index is -0.0850. The Morgan fingerprint density at radius 2 is 1.83 bits per heavy atom. The lowest BCUT2D eigenvalue weighted by atomic mass is 10.2. The highest BCUT2D eigenvalue weighted by molar-refractivity contribution is 7.99. The SMILES string of the molecule is O=C(c1cnc2ccccc2n1)N1CCCSc2ccccc21. The van der Waals surface area contributed by atoms with Crippen molar-refractivity contribution in [3.63, 3.8) is 0 Å². The van der Waals surface area contributed by atoms with Crippen LogP contribution >= 0.6 is 11.8 Å². The quantitative estimate of drug-likeness (QED) is 0.684. The monoisotopic (exact) mass is 321 g/mol. The zero-order chi connectivity index (χ0) is 15.6. The summed E-state index contributed by atoms with van der Waals surface area (Å²) in [5.74, 6) is 0.933. The van der Waals surface area contributed by atoms with Crippen LogP contribution in [-0.2, 0) is 0 Å². The van der Waals surface area contributed by atoms with E-state index in [2.05, 4.69) is 16.0 Å². The molecule has 0 saturated heterocycles. The van der Waals surface area contributed by atoms with Gasteiger partial charge in [-0.2, -0.15) is 0 Å². The lowest BCUT2D eigenvalue weighted by Crippen LogP contribution is -2.32. The number of fused-ring (bicyclic) bond motifs is 2. The van der Waals surface area contributed by atoms with Crippen LogP contribution in [0, 0.1) is 0 Å². The van der Waals surface area contributed by atoms with E-state index in [-0.39, 0.29) is 5.91 Å². The summed E-state index contributed by atoms with van der Waals surface area (Å²) >= 11 is 1.80. The molecule has 0 aliphatic carbocycles. The van der Waals surface area contributed by atoms with Crippen molar-refractivity contribution in [2.45, 2.75) is 11.3 Å². The number of amides is 1. The largest absolute Gasteiger partial charge is 0.306 e. The van der Waals surface area contributed by atoms with E-state index >= 15 is 0 Å². The van der Waals surface area contributed by atoms with Gasteiger partial charge in [0.25, 0.3) is 5.91 Å². The van der Waals surface area contributed by atoms with Crippen LogP contribution in [0.5, 0.6) is 0 Å². The van der Waals surface area contributed by atoms with Gasteiger partial charge in [0.1, 0.15) is 5.69 Å². The van der Waals surface area contributed by atoms with Gasteiger partial charge in [-0.1, -0.05) is 24.3 Å². The summed E-state index contributed by atoms with van der Waals surface area (Å²) in [6.45, 7) is 0.706. The molecule has 4 nitrogen and oxygen atoms in total. The van der Waals surface area contributed by atoms with Crippen LogP contribution in [0.2, 0.25) is 0 Å². The fourth-order valence-electron chi connectivity index (χ4n) is 2.74. The molecule has 3 aromatic rings. The summed E-state index contributed by atoms with van der Waals surface area (Å²) in [7, 11) is 0. The lowest BCUT2D eigenvalue weighted by molar-refractivity contribution is 0.0982. The maximum Gasteiger partial charge on any atom is 0.278 e. The Bertz CT molecular complexity index is 881. The van der Waals surface area contributed by atoms with Crippen molar-refractivity contribution in [1.29, 1.82) is 0 Å². The Kier molecular flexibility index (Phi) is 3.71. The van der Waals surface area contributed by atoms with E-state index in [9.17, 15) is 4.79 Å². The smallest absolute Gasteiger partial charge is 0.278 e. The number of benzene rings is 2. The number of rotatable bonds is 1. The standard InChI is InChI=1S/C18H15N3OS/c22-18(15-12-19-13-6-1-2-7-14(13)20-15)21-10-5-11-23-17-9-4-3-8-16(17)21/h1-4,6-9,12H,5,10-11H2. The number of hydrogen-bond acceptors (Lipinski definition) is 4. The molecule has 23 heavy (non-hydrogen) atoms. The molecule has 0 radical (unpaired) electrons. The Balaban J connectivity index is 1.75. The van der Waals surface area contributed by atoms with Gasteiger partial charge >= 0.3 is 0 Å². The second-order valence-electron chi connectivity index (χ2n) is 5.37. The third-order valence-corrected chi connectivity index (χ3v) is 5.00. The van der Waals surface area contributed by atoms with E-state index in [1.54, 1.807) is 18.0 Å². The highest BCUT2D eigenvalue weighted by atomic mass is 32.2. The van der Waals surface area contributed by atoms with Gasteiger partial charge in [0, 0.05) is 11.4 Å². The number of para-hydroxylation sites is 3. The lowest BCUT2D eigenvalue weighted by Gasteiger charge is -2.22. The molecule has 0 bridgehead atoms. The number of aromatic nitrogens is 2. The molecule has 5 heteroatoms. The normalized spacial score (nSPS) is 14.3. The maximum absolute atomic E-state index is 13.0. The first-order valence-corrected chi connectivity index (χ1v) is 8.57. The van der Waals surface area contributed by atoms with E-state index < -0.39 is 0 Å². The molecule has 4 rings (SSSR count). The third kappa shape index (κ3) is 2.68. The molecular weight excluding hydrogens is 306 g/mol. The number of hydrogen-bond donors (Lipinski definition) is 0. The van der Waals surface area contributed by atoms with Crippen molar-refractivity contribution in [3.8, 4) is 0 Å². The molecule has 0 unspecified atom stereocenters. The van der Waals surface area contributed by atoms with E-state index in [4.69, 9.17) is 0 Å². The van der Waals surface area contributed by atoms with Gasteiger partial charge in [0.05, 0.1) is 22.9 Å². The summed E-state index contributed by atoms with van der Waals surface area (Å²) < 4.78 is 0. The highest BCUT2D eigenvalue weighted by Gasteiger charge is 2.23. The van der Waals surface area contributed by atoms with E-state index in [0.29, 0.717) is 12.2 Å². The molecular formula is C18H15N3OS. The minimum absolute atomic E-state index is 0.0850. The number of anilines is 1. The molecule has 0 N–H and O–H groups in total. The first kappa shape index (κ1) is 14.2. The predicted octanol–water partition coefficient (Wildman–Crippen LogP) is 3.77. The summed E-state index contributed by atoms with van der Waals surface area (Å²) in [4.78, 5) is 24.8. The van der Waals surface area contributed by atoms with Gasteiger partial charge in [-0.3, -0.25) is 9.78 Å². The summed E-state index contributed by atoms with van der Waals surface area (Å²) in [6, 6.07) is 15.6. The average molecular weight is 321 g/mol. The highest BCUT2D eigenvalue weighted by Crippen LogP contribution is 2.34. The minimum Gasteiger partial charge on any atom is -0.306 e. The fourth-order valence-corrected chi connectivity index (χ4v) is 3.73. The van der Waals surface area contributed by atoms with Gasteiger partial charge in [0.15, 0.2) is 0 Å². The topological polar surface area (TPSA) is 46.1 Å². The molecule has 1 aliphatic rings. The van der Waals surface area contributed by atoms with Crippen molar-refractivity contribution in [2.75, 3.05) is 17.2 Å². The molecule has 1 aliphatic heterocycles. The van der Waals surface area contributed by atoms with Gasteiger partial charge in [-0.25, -0.2) is 4.98 Å². The van der Waals surface area contributed by atoms with Crippen molar-refractivity contribution in [2.24, 2.45) is 0 Å². The molecule has 1 amide bonds. The number of thioether (sulfide) groups is 1. The van der Waals surface area contributed by atoms with Gasteiger partial charge in [0.2, 0.25) is 0 Å². The van der Waals surface area contributed by atoms with Crippen LogP contribution < -0.4 is 4.90 Å².